The number of esters is 1. The fraction of sp³-hybridized carbons (Fsp3) is 0.176. The molecule has 0 aliphatic carbocycles. The minimum atomic E-state index is -3.01. The van der Waals surface area contributed by atoms with Gasteiger partial charge in [-0.3, -0.25) is 4.79 Å². The summed E-state index contributed by atoms with van der Waals surface area (Å²) in [6, 6.07) is 11.6. The van der Waals surface area contributed by atoms with Crippen molar-refractivity contribution in [3.8, 4) is 5.75 Å². The van der Waals surface area contributed by atoms with Crippen molar-refractivity contribution >= 4 is 29.2 Å². The fourth-order valence-corrected chi connectivity index (χ4v) is 2.08. The summed E-state index contributed by atoms with van der Waals surface area (Å²) < 4.78 is 33.7. The second-order valence-electron chi connectivity index (χ2n) is 4.95. The second kappa shape index (κ2) is 8.43. The van der Waals surface area contributed by atoms with E-state index in [1.165, 1.54) is 25.1 Å². The Labute approximate surface area is 147 Å². The summed E-state index contributed by atoms with van der Waals surface area (Å²) in [6.07, 6.45) is -1.11. The van der Waals surface area contributed by atoms with Gasteiger partial charge in [0.1, 0.15) is 5.75 Å². The van der Waals surface area contributed by atoms with Gasteiger partial charge in [-0.2, -0.15) is 8.78 Å². The van der Waals surface area contributed by atoms with Crippen LogP contribution in [0.2, 0.25) is 5.02 Å². The number of halogens is 3. The van der Waals surface area contributed by atoms with E-state index < -0.39 is 24.6 Å². The van der Waals surface area contributed by atoms with Gasteiger partial charge in [0.15, 0.2) is 6.10 Å². The molecule has 0 aromatic heterocycles. The van der Waals surface area contributed by atoms with Crippen LogP contribution >= 0.6 is 11.6 Å². The summed E-state index contributed by atoms with van der Waals surface area (Å²) >= 11 is 5.82. The van der Waals surface area contributed by atoms with Crippen molar-refractivity contribution in [3.05, 3.63) is 59.1 Å². The zero-order valence-electron chi connectivity index (χ0n) is 13.0. The summed E-state index contributed by atoms with van der Waals surface area (Å²) in [5.74, 6) is -1.58. The smallest absolute Gasteiger partial charge is 0.387 e. The first-order valence-electron chi connectivity index (χ1n) is 7.17. The van der Waals surface area contributed by atoms with Crippen LogP contribution < -0.4 is 10.1 Å². The number of hydrogen-bond donors (Lipinski definition) is 1. The molecule has 132 valence electrons. The lowest BCUT2D eigenvalue weighted by molar-refractivity contribution is -0.123. The van der Waals surface area contributed by atoms with Gasteiger partial charge in [0, 0.05) is 10.7 Å². The average Bonchev–Trinajstić information content (AvgIpc) is 2.54. The van der Waals surface area contributed by atoms with Crippen LogP contribution in [0.4, 0.5) is 14.5 Å². The Kier molecular flexibility index (Phi) is 6.30. The molecule has 1 N–H and O–H groups in total. The molecule has 1 amide bonds. The van der Waals surface area contributed by atoms with Crippen LogP contribution in [0.1, 0.15) is 17.3 Å². The number of alkyl halides is 2. The van der Waals surface area contributed by atoms with Crippen molar-refractivity contribution in [2.24, 2.45) is 0 Å². The zero-order valence-corrected chi connectivity index (χ0v) is 13.8. The maximum atomic E-state index is 12.2. The number of rotatable bonds is 6. The van der Waals surface area contributed by atoms with E-state index in [4.69, 9.17) is 16.3 Å². The molecule has 0 fully saturated rings. The van der Waals surface area contributed by atoms with Crippen LogP contribution in [0.5, 0.6) is 5.75 Å². The van der Waals surface area contributed by atoms with Crippen LogP contribution in [0.25, 0.3) is 0 Å². The maximum Gasteiger partial charge on any atom is 0.387 e. The van der Waals surface area contributed by atoms with Gasteiger partial charge in [0.2, 0.25) is 0 Å². The number of nitrogens with one attached hydrogen (secondary N) is 1. The van der Waals surface area contributed by atoms with E-state index in [9.17, 15) is 18.4 Å². The molecular formula is C17H14ClF2NO4. The first kappa shape index (κ1) is 18.7. The SMILES string of the molecule is C[C@H](OC(=O)c1cccc(OC(F)F)c1)C(=O)Nc1cccc(Cl)c1. The largest absolute Gasteiger partial charge is 0.449 e. The molecule has 0 bridgehead atoms. The highest BCUT2D eigenvalue weighted by Crippen LogP contribution is 2.18. The number of hydrogen-bond acceptors (Lipinski definition) is 4. The normalized spacial score (nSPS) is 11.7. The summed E-state index contributed by atoms with van der Waals surface area (Å²) in [5, 5.41) is 3.00. The van der Waals surface area contributed by atoms with Gasteiger partial charge in [0.05, 0.1) is 5.56 Å². The van der Waals surface area contributed by atoms with Crippen LogP contribution in [-0.4, -0.2) is 24.6 Å². The quantitative estimate of drug-likeness (QED) is 0.778. The molecular weight excluding hydrogens is 356 g/mol. The molecule has 2 rings (SSSR count). The van der Waals surface area contributed by atoms with Gasteiger partial charge in [-0.05, 0) is 43.3 Å². The predicted octanol–water partition coefficient (Wildman–Crippen LogP) is 4.13. The molecule has 0 saturated carbocycles. The topological polar surface area (TPSA) is 64.6 Å². The number of anilines is 1. The first-order chi connectivity index (χ1) is 11.8. The van der Waals surface area contributed by atoms with E-state index in [-0.39, 0.29) is 11.3 Å². The molecule has 0 saturated heterocycles. The number of ether oxygens (including phenoxy) is 2. The highest BCUT2D eigenvalue weighted by atomic mass is 35.5. The van der Waals surface area contributed by atoms with Crippen molar-refractivity contribution in [2.45, 2.75) is 19.6 Å². The van der Waals surface area contributed by atoms with E-state index in [1.807, 2.05) is 0 Å². The molecule has 8 heteroatoms. The van der Waals surface area contributed by atoms with Crippen LogP contribution in [0.15, 0.2) is 48.5 Å². The van der Waals surface area contributed by atoms with Crippen molar-refractivity contribution in [1.29, 1.82) is 0 Å². The van der Waals surface area contributed by atoms with Crippen LogP contribution in [0, 0.1) is 0 Å². The lowest BCUT2D eigenvalue weighted by Crippen LogP contribution is -2.30. The van der Waals surface area contributed by atoms with Crippen molar-refractivity contribution in [3.63, 3.8) is 0 Å². The van der Waals surface area contributed by atoms with E-state index in [2.05, 4.69) is 10.1 Å². The molecule has 0 aliphatic heterocycles. The number of amides is 1. The molecule has 0 unspecified atom stereocenters. The summed E-state index contributed by atoms with van der Waals surface area (Å²) in [7, 11) is 0. The van der Waals surface area contributed by atoms with Gasteiger partial charge in [-0.15, -0.1) is 0 Å². The van der Waals surface area contributed by atoms with Crippen molar-refractivity contribution in [2.75, 3.05) is 5.32 Å². The zero-order chi connectivity index (χ0) is 18.4. The van der Waals surface area contributed by atoms with E-state index in [0.717, 1.165) is 6.07 Å². The molecule has 25 heavy (non-hydrogen) atoms. The van der Waals surface area contributed by atoms with Gasteiger partial charge in [0.25, 0.3) is 5.91 Å². The Morgan fingerprint density at radius 1 is 1.12 bits per heavy atom. The van der Waals surface area contributed by atoms with E-state index >= 15 is 0 Å². The fourth-order valence-electron chi connectivity index (χ4n) is 1.89. The minimum Gasteiger partial charge on any atom is -0.449 e. The molecule has 5 nitrogen and oxygen atoms in total. The highest BCUT2D eigenvalue weighted by Gasteiger charge is 2.19. The number of carbonyl (C=O) groups is 2. The second-order valence-corrected chi connectivity index (χ2v) is 5.39. The summed E-state index contributed by atoms with van der Waals surface area (Å²) in [5.41, 5.74) is 0.438. The molecule has 0 aliphatic rings. The maximum absolute atomic E-state index is 12.2. The summed E-state index contributed by atoms with van der Waals surface area (Å²) in [4.78, 5) is 24.1. The standard InChI is InChI=1S/C17H14ClF2NO4/c1-10(15(22)21-13-6-3-5-12(18)9-13)24-16(23)11-4-2-7-14(8-11)25-17(19)20/h2-10,17H,1H3,(H,21,22)/t10-/m0/s1. The summed E-state index contributed by atoms with van der Waals surface area (Å²) in [6.45, 7) is -1.62. The van der Waals surface area contributed by atoms with Gasteiger partial charge < -0.3 is 14.8 Å². The van der Waals surface area contributed by atoms with Crippen LogP contribution in [0.3, 0.4) is 0 Å². The lowest BCUT2D eigenvalue weighted by atomic mass is 10.2. The molecule has 2 aromatic rings. The Morgan fingerprint density at radius 2 is 1.84 bits per heavy atom. The Morgan fingerprint density at radius 3 is 2.52 bits per heavy atom. The first-order valence-corrected chi connectivity index (χ1v) is 7.55. The minimum absolute atomic E-state index is 0.0134. The predicted molar refractivity (Wildman–Crippen MR) is 88.0 cm³/mol. The molecule has 2 aromatic carbocycles. The lowest BCUT2D eigenvalue weighted by Gasteiger charge is -2.14. The average molecular weight is 370 g/mol. The highest BCUT2D eigenvalue weighted by molar-refractivity contribution is 6.30. The van der Waals surface area contributed by atoms with Gasteiger partial charge in [-0.25, -0.2) is 4.79 Å². The van der Waals surface area contributed by atoms with Gasteiger partial charge >= 0.3 is 12.6 Å². The van der Waals surface area contributed by atoms with Crippen molar-refractivity contribution < 1.29 is 27.8 Å². The monoisotopic (exact) mass is 369 g/mol. The third kappa shape index (κ3) is 5.72. The number of carbonyl (C=O) groups excluding carboxylic acids is 2. The molecule has 0 radical (unpaired) electrons. The van der Waals surface area contributed by atoms with E-state index in [0.29, 0.717) is 10.7 Å². The van der Waals surface area contributed by atoms with Crippen LogP contribution in [-0.2, 0) is 9.53 Å². The third-order valence-corrected chi connectivity index (χ3v) is 3.28. The molecule has 0 spiro atoms. The van der Waals surface area contributed by atoms with E-state index in [1.54, 1.807) is 24.3 Å². The van der Waals surface area contributed by atoms with Gasteiger partial charge in [-0.1, -0.05) is 23.7 Å². The van der Waals surface area contributed by atoms with Crippen molar-refractivity contribution in [1.82, 2.24) is 0 Å². The molecule has 1 atom stereocenters. The molecule has 0 heterocycles. The third-order valence-electron chi connectivity index (χ3n) is 3.04. The Bertz CT molecular complexity index is 770. The Balaban J connectivity index is 1.98. The Hall–Kier alpha value is -2.67. The number of benzene rings is 2.